The third-order valence-corrected chi connectivity index (χ3v) is 7.68. The van der Waals surface area contributed by atoms with Crippen LogP contribution in [0.1, 0.15) is 56.6 Å². The molecule has 0 spiro atoms. The van der Waals surface area contributed by atoms with Crippen LogP contribution in [0.4, 0.5) is 18.4 Å². The summed E-state index contributed by atoms with van der Waals surface area (Å²) in [6, 6.07) is 18.9. The number of nitrogens with two attached hydrogens (primary N) is 1. The van der Waals surface area contributed by atoms with Crippen molar-refractivity contribution >= 4 is 12.2 Å². The molecule has 0 heterocycles. The van der Waals surface area contributed by atoms with Crippen LogP contribution in [0, 0.1) is 5.92 Å². The van der Waals surface area contributed by atoms with E-state index in [1.54, 1.807) is 4.90 Å². The van der Waals surface area contributed by atoms with Gasteiger partial charge in [-0.15, -0.1) is 0 Å². The fraction of sp³-hybridized carbons (Fsp3) is 0.548. The molecular weight excluding hydrogens is 516 g/mol. The van der Waals surface area contributed by atoms with E-state index in [9.17, 15) is 18.4 Å². The Morgan fingerprint density at radius 1 is 0.750 bits per heavy atom. The third kappa shape index (κ3) is 9.47. The van der Waals surface area contributed by atoms with Gasteiger partial charge in [0.05, 0.1) is 19.1 Å². The van der Waals surface area contributed by atoms with Gasteiger partial charge in [-0.3, -0.25) is 0 Å². The molecule has 0 unspecified atom stereocenters. The monoisotopic (exact) mass is 559 g/mol. The molecule has 7 nitrogen and oxygen atoms in total. The van der Waals surface area contributed by atoms with Crippen LogP contribution in [-0.2, 0) is 22.7 Å². The predicted octanol–water partition coefficient (Wildman–Crippen LogP) is 6.26. The Labute approximate surface area is 236 Å². The number of amides is 2. The standard InChI is InChI=1S/C16H22FNO2.C15H21FN2O2/c1-13-6-5-9-15(13)18(11-10-17)16(19)20-12-14-7-3-2-4-8-14;16-9-10-18(14-8-4-7-13(14)17)15(19)20-11-12-5-2-1-3-6-12/h2-4,7-8,13,15H,5-6,9-12H2,1H3;1-3,5-6,13-14H,4,7-11,17H2/t13-,15-;13-,14-/m00/s1. The second-order valence-electron chi connectivity index (χ2n) is 10.5. The van der Waals surface area contributed by atoms with E-state index < -0.39 is 25.5 Å². The molecule has 4 atom stereocenters. The molecule has 0 radical (unpaired) electrons. The number of ether oxygens (including phenoxy) is 2. The van der Waals surface area contributed by atoms with Crippen LogP contribution >= 0.6 is 0 Å². The summed E-state index contributed by atoms with van der Waals surface area (Å²) >= 11 is 0. The molecule has 0 aromatic heterocycles. The average molecular weight is 560 g/mol. The number of carbonyl (C=O) groups is 2. The third-order valence-electron chi connectivity index (χ3n) is 7.68. The zero-order valence-electron chi connectivity index (χ0n) is 23.4. The van der Waals surface area contributed by atoms with Crippen molar-refractivity contribution in [2.45, 2.75) is 76.8 Å². The van der Waals surface area contributed by atoms with Crippen LogP contribution in [0.3, 0.4) is 0 Å². The van der Waals surface area contributed by atoms with Crippen LogP contribution in [0.15, 0.2) is 60.7 Å². The van der Waals surface area contributed by atoms with Crippen molar-refractivity contribution in [1.82, 2.24) is 9.80 Å². The quantitative estimate of drug-likeness (QED) is 0.372. The minimum Gasteiger partial charge on any atom is -0.445 e. The van der Waals surface area contributed by atoms with Gasteiger partial charge in [-0.05, 0) is 49.1 Å². The summed E-state index contributed by atoms with van der Waals surface area (Å²) in [5.74, 6) is 0.422. The minimum absolute atomic E-state index is 0.0476. The van der Waals surface area contributed by atoms with Gasteiger partial charge in [0.2, 0.25) is 0 Å². The molecule has 2 N–H and O–H groups in total. The number of hydrogen-bond acceptors (Lipinski definition) is 5. The molecule has 0 saturated heterocycles. The van der Waals surface area contributed by atoms with Crippen LogP contribution in [0.5, 0.6) is 0 Å². The van der Waals surface area contributed by atoms with Crippen LogP contribution in [0.2, 0.25) is 0 Å². The summed E-state index contributed by atoms with van der Waals surface area (Å²) in [7, 11) is 0. The van der Waals surface area contributed by atoms with Crippen molar-refractivity contribution in [3.8, 4) is 0 Å². The maximum Gasteiger partial charge on any atom is 0.410 e. The van der Waals surface area contributed by atoms with Crippen molar-refractivity contribution in [3.63, 3.8) is 0 Å². The highest BCUT2D eigenvalue weighted by atomic mass is 19.1. The summed E-state index contributed by atoms with van der Waals surface area (Å²) in [6.45, 7) is 1.63. The molecule has 9 heteroatoms. The van der Waals surface area contributed by atoms with Gasteiger partial charge in [-0.2, -0.15) is 0 Å². The molecule has 2 aromatic carbocycles. The second kappa shape index (κ2) is 16.8. The first-order valence-corrected chi connectivity index (χ1v) is 14.3. The molecule has 2 fully saturated rings. The Bertz CT molecular complexity index is 933. The highest BCUT2D eigenvalue weighted by Gasteiger charge is 2.34. The number of rotatable bonds is 10. The molecule has 2 amide bonds. The van der Waals surface area contributed by atoms with Gasteiger partial charge in [0.15, 0.2) is 0 Å². The van der Waals surface area contributed by atoms with Gasteiger partial charge in [0.25, 0.3) is 0 Å². The Morgan fingerprint density at radius 2 is 1.20 bits per heavy atom. The van der Waals surface area contributed by atoms with E-state index in [2.05, 4.69) is 6.92 Å². The normalized spacial score (nSPS) is 21.7. The van der Waals surface area contributed by atoms with Crippen LogP contribution in [-0.4, -0.2) is 66.6 Å². The summed E-state index contributed by atoms with van der Waals surface area (Å²) in [5, 5.41) is 0. The van der Waals surface area contributed by atoms with Crippen molar-refractivity contribution in [3.05, 3.63) is 71.8 Å². The average Bonchev–Trinajstić information content (AvgIpc) is 3.61. The largest absolute Gasteiger partial charge is 0.445 e. The van der Waals surface area contributed by atoms with Crippen molar-refractivity contribution in [2.75, 3.05) is 26.4 Å². The lowest BCUT2D eigenvalue weighted by atomic mass is 10.1. The lowest BCUT2D eigenvalue weighted by Crippen LogP contribution is -2.48. The Morgan fingerprint density at radius 3 is 1.60 bits per heavy atom. The van der Waals surface area contributed by atoms with E-state index in [-0.39, 0.29) is 44.4 Å². The second-order valence-corrected chi connectivity index (χ2v) is 10.5. The van der Waals surface area contributed by atoms with Gasteiger partial charge in [0.1, 0.15) is 26.6 Å². The zero-order valence-corrected chi connectivity index (χ0v) is 23.4. The molecule has 2 saturated carbocycles. The van der Waals surface area contributed by atoms with Crippen molar-refractivity contribution in [2.24, 2.45) is 11.7 Å². The number of carbonyl (C=O) groups excluding carboxylic acids is 2. The van der Waals surface area contributed by atoms with Gasteiger partial charge < -0.3 is 25.0 Å². The van der Waals surface area contributed by atoms with Crippen LogP contribution < -0.4 is 5.73 Å². The van der Waals surface area contributed by atoms with E-state index in [0.717, 1.165) is 49.7 Å². The molecule has 0 aliphatic heterocycles. The van der Waals surface area contributed by atoms with Gasteiger partial charge in [0, 0.05) is 12.1 Å². The zero-order chi connectivity index (χ0) is 28.7. The molecule has 2 aromatic rings. The van der Waals surface area contributed by atoms with E-state index in [4.69, 9.17) is 15.2 Å². The van der Waals surface area contributed by atoms with E-state index in [0.29, 0.717) is 5.92 Å². The molecule has 0 bridgehead atoms. The first kappa shape index (κ1) is 31.3. The number of benzene rings is 2. The molecule has 2 aliphatic rings. The molecule has 220 valence electrons. The van der Waals surface area contributed by atoms with Gasteiger partial charge >= 0.3 is 12.2 Å². The Hall–Kier alpha value is -3.20. The van der Waals surface area contributed by atoms with E-state index >= 15 is 0 Å². The highest BCUT2D eigenvalue weighted by Crippen LogP contribution is 2.30. The Balaban J connectivity index is 0.000000220. The predicted molar refractivity (Wildman–Crippen MR) is 151 cm³/mol. The topological polar surface area (TPSA) is 85.1 Å². The van der Waals surface area contributed by atoms with E-state index in [1.807, 2.05) is 60.7 Å². The highest BCUT2D eigenvalue weighted by molar-refractivity contribution is 5.68. The summed E-state index contributed by atoms with van der Waals surface area (Å²) in [6.07, 6.45) is 4.93. The lowest BCUT2D eigenvalue weighted by molar-refractivity contribution is 0.0706. The number of nitrogens with zero attached hydrogens (tertiary/aromatic N) is 2. The first-order valence-electron chi connectivity index (χ1n) is 14.3. The Kier molecular flexibility index (Phi) is 13.2. The fourth-order valence-electron chi connectivity index (χ4n) is 5.52. The number of alkyl halides is 2. The SMILES string of the molecule is C[C@H]1CCC[C@@H]1N(CCF)C(=O)OCc1ccccc1.N[C@H]1CCC[C@@H]1N(CCF)C(=O)OCc1ccccc1. The van der Waals surface area contributed by atoms with Crippen LogP contribution in [0.25, 0.3) is 0 Å². The summed E-state index contributed by atoms with van der Waals surface area (Å²) in [5.41, 5.74) is 7.84. The molecule has 4 rings (SSSR count). The van der Waals surface area contributed by atoms with E-state index in [1.165, 1.54) is 4.90 Å². The maximum absolute atomic E-state index is 12.7. The smallest absolute Gasteiger partial charge is 0.410 e. The van der Waals surface area contributed by atoms with Crippen molar-refractivity contribution in [1.29, 1.82) is 0 Å². The molecular formula is C31H43F2N3O4. The number of halogens is 2. The fourth-order valence-corrected chi connectivity index (χ4v) is 5.52. The summed E-state index contributed by atoms with van der Waals surface area (Å²) < 4.78 is 35.9. The molecule has 2 aliphatic carbocycles. The van der Waals surface area contributed by atoms with Gasteiger partial charge in [-0.25, -0.2) is 18.4 Å². The minimum atomic E-state index is -0.580. The maximum atomic E-state index is 12.7. The summed E-state index contributed by atoms with van der Waals surface area (Å²) in [4.78, 5) is 27.3. The lowest BCUT2D eigenvalue weighted by Gasteiger charge is -2.30. The van der Waals surface area contributed by atoms with Gasteiger partial charge in [-0.1, -0.05) is 74.0 Å². The molecule has 40 heavy (non-hydrogen) atoms. The number of hydrogen-bond donors (Lipinski definition) is 1. The van der Waals surface area contributed by atoms with Crippen molar-refractivity contribution < 1.29 is 27.8 Å². The first-order chi connectivity index (χ1) is 19.4.